The van der Waals surface area contributed by atoms with Gasteiger partial charge in [-0.3, -0.25) is 0 Å². The molecule has 0 unspecified atom stereocenters. The van der Waals surface area contributed by atoms with Gasteiger partial charge < -0.3 is 9.47 Å². The molecule has 0 atom stereocenters. The zero-order valence-corrected chi connectivity index (χ0v) is 32.8. The monoisotopic (exact) mass is 752 g/mol. The van der Waals surface area contributed by atoms with Crippen molar-refractivity contribution in [1.29, 1.82) is 0 Å². The first kappa shape index (κ1) is 34.6. The molecule has 0 bridgehead atoms. The Morgan fingerprint density at radius 1 is 0.305 bits per heavy atom. The fraction of sp³-hybridized carbons (Fsp3) is 0.0175. The molecule has 2 heteroatoms. The van der Waals surface area contributed by atoms with Crippen LogP contribution in [0.3, 0.4) is 0 Å². The Labute approximate surface area is 344 Å². The molecule has 1 aromatic heterocycles. The highest BCUT2D eigenvalue weighted by atomic mass is 15.1. The lowest BCUT2D eigenvalue weighted by Crippen LogP contribution is -2.09. The third-order valence-corrected chi connectivity index (χ3v) is 11.8. The largest absolute Gasteiger partial charge is 0.310 e. The van der Waals surface area contributed by atoms with Crippen molar-refractivity contribution in [3.05, 3.63) is 230 Å². The number of hydrogen-bond donors (Lipinski definition) is 0. The van der Waals surface area contributed by atoms with Gasteiger partial charge in [-0.2, -0.15) is 0 Å². The van der Waals surface area contributed by atoms with Crippen LogP contribution in [0.25, 0.3) is 82.4 Å². The molecule has 11 rings (SSSR count). The summed E-state index contributed by atoms with van der Waals surface area (Å²) in [4.78, 5) is 2.32. The maximum absolute atomic E-state index is 2.41. The van der Waals surface area contributed by atoms with Gasteiger partial charge in [0.2, 0.25) is 0 Å². The molecule has 0 aliphatic carbocycles. The number of anilines is 3. The van der Waals surface area contributed by atoms with E-state index < -0.39 is 0 Å². The number of nitrogens with zero attached hydrogens (tertiary/aromatic N) is 2. The Bertz CT molecular complexity index is 3250. The molecule has 0 aliphatic rings. The van der Waals surface area contributed by atoms with Gasteiger partial charge in [-0.05, 0) is 134 Å². The summed E-state index contributed by atoms with van der Waals surface area (Å²) in [5.74, 6) is 0. The van der Waals surface area contributed by atoms with Crippen molar-refractivity contribution in [2.24, 2.45) is 0 Å². The number of rotatable bonds is 7. The third kappa shape index (κ3) is 5.97. The summed E-state index contributed by atoms with van der Waals surface area (Å²) < 4.78 is 2.41. The van der Waals surface area contributed by atoms with Crippen LogP contribution in [0.4, 0.5) is 17.1 Å². The van der Waals surface area contributed by atoms with Crippen molar-refractivity contribution in [2.45, 2.75) is 6.92 Å². The Kier molecular flexibility index (Phi) is 8.41. The number of para-hydroxylation sites is 2. The van der Waals surface area contributed by atoms with Gasteiger partial charge in [0.05, 0.1) is 11.0 Å². The molecule has 0 fully saturated rings. The second kappa shape index (κ2) is 14.4. The molecule has 0 saturated carbocycles. The summed E-state index contributed by atoms with van der Waals surface area (Å²) in [6.45, 7) is 2.15. The maximum atomic E-state index is 2.41. The molecule has 11 aromatic rings. The molecule has 2 nitrogen and oxygen atoms in total. The van der Waals surface area contributed by atoms with Gasteiger partial charge >= 0.3 is 0 Å². The number of hydrogen-bond acceptors (Lipinski definition) is 1. The van der Waals surface area contributed by atoms with Crippen molar-refractivity contribution in [2.75, 3.05) is 4.90 Å². The quantitative estimate of drug-likeness (QED) is 0.147. The number of aromatic nitrogens is 1. The van der Waals surface area contributed by atoms with Gasteiger partial charge in [-0.1, -0.05) is 158 Å². The van der Waals surface area contributed by atoms with Crippen molar-refractivity contribution in [3.63, 3.8) is 0 Å². The molecule has 0 N–H and O–H groups in total. The molecule has 0 aliphatic heterocycles. The maximum Gasteiger partial charge on any atom is 0.0541 e. The van der Waals surface area contributed by atoms with Gasteiger partial charge in [-0.25, -0.2) is 0 Å². The first-order valence-electron chi connectivity index (χ1n) is 20.3. The van der Waals surface area contributed by atoms with Crippen LogP contribution < -0.4 is 4.90 Å². The molecule has 0 radical (unpaired) electrons. The Balaban J connectivity index is 0.991. The topological polar surface area (TPSA) is 8.17 Å². The van der Waals surface area contributed by atoms with E-state index in [9.17, 15) is 0 Å². The molecule has 0 spiro atoms. The van der Waals surface area contributed by atoms with Crippen LogP contribution in [0, 0.1) is 6.92 Å². The number of aryl methyl sites for hydroxylation is 1. The lowest BCUT2D eigenvalue weighted by molar-refractivity contribution is 1.18. The Hall–Kier alpha value is -7.68. The summed E-state index contributed by atoms with van der Waals surface area (Å²) in [5.41, 5.74) is 15.6. The van der Waals surface area contributed by atoms with E-state index in [1.807, 2.05) is 0 Å². The van der Waals surface area contributed by atoms with Crippen LogP contribution in [0.5, 0.6) is 0 Å². The van der Waals surface area contributed by atoms with Crippen LogP contribution in [0.15, 0.2) is 224 Å². The van der Waals surface area contributed by atoms with Crippen LogP contribution in [-0.4, -0.2) is 4.57 Å². The number of fused-ring (bicyclic) bond motifs is 5. The molecular formula is C57H40N2. The minimum absolute atomic E-state index is 1.12. The van der Waals surface area contributed by atoms with E-state index in [0.29, 0.717) is 0 Å². The SMILES string of the molecule is Cc1cccc(N(c2ccccc2)c2ccc(-c3ccc4c(c3)c3ccccc3n4-c3ccc(-c4c5ccccc5c(-c5ccccc5)c5ccccc45)cc3)cc2)c1. The molecule has 0 amide bonds. The molecule has 10 aromatic carbocycles. The predicted octanol–water partition coefficient (Wildman–Crippen LogP) is 15.9. The van der Waals surface area contributed by atoms with Crippen molar-refractivity contribution < 1.29 is 0 Å². The highest BCUT2D eigenvalue weighted by Gasteiger charge is 2.18. The Morgan fingerprint density at radius 3 is 1.41 bits per heavy atom. The zero-order chi connectivity index (χ0) is 39.3. The van der Waals surface area contributed by atoms with Gasteiger partial charge in [0.25, 0.3) is 0 Å². The van der Waals surface area contributed by atoms with Crippen molar-refractivity contribution in [3.8, 4) is 39.1 Å². The lowest BCUT2D eigenvalue weighted by atomic mass is 9.86. The van der Waals surface area contributed by atoms with E-state index in [-0.39, 0.29) is 0 Å². The fourth-order valence-corrected chi connectivity index (χ4v) is 9.16. The standard InChI is InChI=1S/C57H40N2/c1-39-15-14-20-47(37-39)58(44-18-6-3-7-19-44)45-32-27-40(28-33-45)43-31-36-55-53(38-43)48-21-12-13-26-54(48)59(55)46-34-29-42(30-35-46)57-51-24-10-8-22-49(51)56(41-16-4-2-5-17-41)50-23-9-11-25-52(50)57/h2-38H,1H3. The highest BCUT2D eigenvalue weighted by molar-refractivity contribution is 6.21. The minimum atomic E-state index is 1.12. The zero-order valence-electron chi connectivity index (χ0n) is 32.8. The Morgan fingerprint density at radius 2 is 0.780 bits per heavy atom. The average molecular weight is 753 g/mol. The van der Waals surface area contributed by atoms with Gasteiger partial charge in [-0.15, -0.1) is 0 Å². The van der Waals surface area contributed by atoms with E-state index in [0.717, 1.165) is 22.7 Å². The second-order valence-electron chi connectivity index (χ2n) is 15.4. The summed E-state index contributed by atoms with van der Waals surface area (Å²) in [6, 6.07) is 81.7. The third-order valence-electron chi connectivity index (χ3n) is 11.8. The van der Waals surface area contributed by atoms with Gasteiger partial charge in [0.15, 0.2) is 0 Å². The molecule has 278 valence electrons. The molecule has 0 saturated heterocycles. The highest BCUT2D eigenvalue weighted by Crippen LogP contribution is 2.44. The minimum Gasteiger partial charge on any atom is -0.310 e. The summed E-state index contributed by atoms with van der Waals surface area (Å²) in [5, 5.41) is 7.54. The lowest BCUT2D eigenvalue weighted by Gasteiger charge is -2.26. The van der Waals surface area contributed by atoms with E-state index >= 15 is 0 Å². The average Bonchev–Trinajstić information content (AvgIpc) is 3.63. The smallest absolute Gasteiger partial charge is 0.0541 e. The first-order chi connectivity index (χ1) is 29.2. The molecule has 59 heavy (non-hydrogen) atoms. The summed E-state index contributed by atoms with van der Waals surface area (Å²) >= 11 is 0. The van der Waals surface area contributed by atoms with Crippen LogP contribution in [-0.2, 0) is 0 Å². The van der Waals surface area contributed by atoms with Crippen LogP contribution in [0.2, 0.25) is 0 Å². The van der Waals surface area contributed by atoms with Crippen molar-refractivity contribution in [1.82, 2.24) is 4.57 Å². The fourth-order valence-electron chi connectivity index (χ4n) is 9.16. The van der Waals surface area contributed by atoms with E-state index in [4.69, 9.17) is 0 Å². The molecule has 1 heterocycles. The van der Waals surface area contributed by atoms with Crippen molar-refractivity contribution >= 4 is 60.4 Å². The van der Waals surface area contributed by atoms with Crippen LogP contribution in [0.1, 0.15) is 5.56 Å². The van der Waals surface area contributed by atoms with Gasteiger partial charge in [0.1, 0.15) is 0 Å². The normalized spacial score (nSPS) is 11.5. The molecular weight excluding hydrogens is 713 g/mol. The summed E-state index contributed by atoms with van der Waals surface area (Å²) in [6.07, 6.45) is 0. The summed E-state index contributed by atoms with van der Waals surface area (Å²) in [7, 11) is 0. The number of benzene rings is 10. The van der Waals surface area contributed by atoms with Crippen LogP contribution >= 0.6 is 0 Å². The van der Waals surface area contributed by atoms with E-state index in [2.05, 4.69) is 241 Å². The van der Waals surface area contributed by atoms with Gasteiger partial charge in [0, 0.05) is 33.5 Å². The first-order valence-corrected chi connectivity index (χ1v) is 20.3. The van der Waals surface area contributed by atoms with E-state index in [1.165, 1.54) is 82.3 Å². The second-order valence-corrected chi connectivity index (χ2v) is 15.4. The predicted molar refractivity (Wildman–Crippen MR) is 252 cm³/mol. The van der Waals surface area contributed by atoms with E-state index in [1.54, 1.807) is 0 Å².